The molecular formula is C19H21O2P. The summed E-state index contributed by atoms with van der Waals surface area (Å²) in [5.41, 5.74) is 0.382. The van der Waals surface area contributed by atoms with Crippen LogP contribution in [0.3, 0.4) is 0 Å². The van der Waals surface area contributed by atoms with E-state index in [1.807, 2.05) is 0 Å². The summed E-state index contributed by atoms with van der Waals surface area (Å²) in [6.07, 6.45) is 3.17. The van der Waals surface area contributed by atoms with Crippen molar-refractivity contribution < 1.29 is 9.53 Å². The number of hydrogen-bond donors (Lipinski definition) is 0. The molecule has 2 nitrogen and oxygen atoms in total. The van der Waals surface area contributed by atoms with Crippen molar-refractivity contribution in [2.24, 2.45) is 5.92 Å². The lowest BCUT2D eigenvalue weighted by Gasteiger charge is -2.29. The van der Waals surface area contributed by atoms with E-state index in [4.69, 9.17) is 4.74 Å². The van der Waals surface area contributed by atoms with Crippen LogP contribution >= 0.6 is 7.92 Å². The number of esters is 1. The lowest BCUT2D eigenvalue weighted by molar-refractivity contribution is -0.145. The minimum Gasteiger partial charge on any atom is -0.469 e. The summed E-state index contributed by atoms with van der Waals surface area (Å²) in [4.78, 5) is 12.2. The first kappa shape index (κ1) is 15.2. The van der Waals surface area contributed by atoms with Crippen LogP contribution in [0.4, 0.5) is 0 Å². The van der Waals surface area contributed by atoms with Crippen LogP contribution in [0.15, 0.2) is 60.7 Å². The largest absolute Gasteiger partial charge is 0.469 e. The predicted octanol–water partition coefficient (Wildman–Crippen LogP) is 3.46. The summed E-state index contributed by atoms with van der Waals surface area (Å²) < 4.78 is 5.06. The highest BCUT2D eigenvalue weighted by molar-refractivity contribution is 7.73. The number of rotatable bonds is 4. The highest BCUT2D eigenvalue weighted by Gasteiger charge is 2.39. The van der Waals surface area contributed by atoms with Gasteiger partial charge >= 0.3 is 5.97 Å². The fraction of sp³-hybridized carbons (Fsp3) is 0.316. The van der Waals surface area contributed by atoms with Gasteiger partial charge in [-0.05, 0) is 31.4 Å². The molecule has 3 rings (SSSR count). The number of benzene rings is 2. The van der Waals surface area contributed by atoms with E-state index in [2.05, 4.69) is 60.7 Å². The third-order valence-electron chi connectivity index (χ3n) is 4.38. The number of carbonyl (C=O) groups is 1. The highest BCUT2D eigenvalue weighted by Crippen LogP contribution is 2.50. The Bertz CT molecular complexity index is 572. The van der Waals surface area contributed by atoms with Crippen LogP contribution in [0.25, 0.3) is 0 Å². The Morgan fingerprint density at radius 1 is 0.955 bits per heavy atom. The third kappa shape index (κ3) is 3.08. The van der Waals surface area contributed by atoms with Gasteiger partial charge in [-0.2, -0.15) is 0 Å². The Balaban J connectivity index is 2.00. The molecule has 0 radical (unpaired) electrons. The van der Waals surface area contributed by atoms with E-state index in [1.54, 1.807) is 0 Å². The molecule has 2 unspecified atom stereocenters. The van der Waals surface area contributed by atoms with Gasteiger partial charge in [0.15, 0.2) is 0 Å². The molecular weight excluding hydrogens is 291 g/mol. The van der Waals surface area contributed by atoms with Gasteiger partial charge in [-0.3, -0.25) is 4.79 Å². The Kier molecular flexibility index (Phi) is 4.90. The second kappa shape index (κ2) is 7.07. The first-order valence-electron chi connectivity index (χ1n) is 7.78. The fourth-order valence-corrected chi connectivity index (χ4v) is 6.51. The lowest BCUT2D eigenvalue weighted by atomic mass is 10.1. The zero-order valence-corrected chi connectivity index (χ0v) is 13.7. The first-order chi connectivity index (χ1) is 10.8. The van der Waals surface area contributed by atoms with Crippen molar-refractivity contribution in [3.63, 3.8) is 0 Å². The van der Waals surface area contributed by atoms with Crippen LogP contribution in [0, 0.1) is 5.92 Å². The third-order valence-corrected chi connectivity index (χ3v) is 7.37. The zero-order valence-electron chi connectivity index (χ0n) is 12.8. The Hall–Kier alpha value is -1.66. The standard InChI is InChI=1S/C19H21O2P/c1-21-19(20)17-13-8-14-18(17)22(15-9-4-2-5-10-15)16-11-6-3-7-12-16/h2-7,9-12,17-18H,8,13-14H2,1H3. The molecule has 0 heterocycles. The molecule has 1 saturated carbocycles. The van der Waals surface area contributed by atoms with E-state index >= 15 is 0 Å². The van der Waals surface area contributed by atoms with Crippen molar-refractivity contribution >= 4 is 24.5 Å². The van der Waals surface area contributed by atoms with Gasteiger partial charge in [0, 0.05) is 5.66 Å². The monoisotopic (exact) mass is 312 g/mol. The van der Waals surface area contributed by atoms with Crippen LogP contribution in [-0.4, -0.2) is 18.7 Å². The van der Waals surface area contributed by atoms with Crippen molar-refractivity contribution in [2.75, 3.05) is 7.11 Å². The number of hydrogen-bond acceptors (Lipinski definition) is 2. The smallest absolute Gasteiger partial charge is 0.309 e. The quantitative estimate of drug-likeness (QED) is 0.638. The average Bonchev–Trinajstić information content (AvgIpc) is 3.06. The second-order valence-corrected chi connectivity index (χ2v) is 8.11. The topological polar surface area (TPSA) is 26.3 Å². The summed E-state index contributed by atoms with van der Waals surface area (Å²) in [6, 6.07) is 21.3. The van der Waals surface area contributed by atoms with Crippen molar-refractivity contribution in [3.05, 3.63) is 60.7 Å². The molecule has 2 atom stereocenters. The predicted molar refractivity (Wildman–Crippen MR) is 92.2 cm³/mol. The maximum atomic E-state index is 12.2. The van der Waals surface area contributed by atoms with Crippen molar-refractivity contribution in [3.8, 4) is 0 Å². The normalized spacial score (nSPS) is 21.0. The molecule has 1 fully saturated rings. The molecule has 0 spiro atoms. The molecule has 0 amide bonds. The van der Waals surface area contributed by atoms with Gasteiger partial charge in [-0.15, -0.1) is 0 Å². The number of ether oxygens (including phenoxy) is 1. The van der Waals surface area contributed by atoms with Crippen LogP contribution in [0.5, 0.6) is 0 Å². The fourth-order valence-electron chi connectivity index (χ4n) is 3.39. The molecule has 22 heavy (non-hydrogen) atoms. The van der Waals surface area contributed by atoms with Crippen LogP contribution in [-0.2, 0) is 9.53 Å². The van der Waals surface area contributed by atoms with Gasteiger partial charge in [0.2, 0.25) is 0 Å². The zero-order chi connectivity index (χ0) is 15.4. The Morgan fingerprint density at radius 2 is 1.50 bits per heavy atom. The summed E-state index contributed by atoms with van der Waals surface area (Å²) in [7, 11) is 0.975. The van der Waals surface area contributed by atoms with E-state index < -0.39 is 7.92 Å². The molecule has 1 aliphatic carbocycles. The van der Waals surface area contributed by atoms with E-state index in [1.165, 1.54) is 17.7 Å². The average molecular weight is 312 g/mol. The molecule has 2 aromatic carbocycles. The molecule has 3 heteroatoms. The molecule has 0 bridgehead atoms. The molecule has 0 N–H and O–H groups in total. The van der Waals surface area contributed by atoms with Crippen LogP contribution < -0.4 is 10.6 Å². The Labute approximate surface area is 133 Å². The first-order valence-corrected chi connectivity index (χ1v) is 9.19. The van der Waals surface area contributed by atoms with Gasteiger partial charge in [0.25, 0.3) is 0 Å². The Morgan fingerprint density at radius 3 is 2.00 bits per heavy atom. The van der Waals surface area contributed by atoms with Gasteiger partial charge in [0.1, 0.15) is 0 Å². The van der Waals surface area contributed by atoms with E-state index in [0.717, 1.165) is 19.3 Å². The summed E-state index contributed by atoms with van der Waals surface area (Å²) in [6.45, 7) is 0. The molecule has 114 valence electrons. The van der Waals surface area contributed by atoms with Gasteiger partial charge < -0.3 is 4.74 Å². The number of carbonyl (C=O) groups excluding carboxylic acids is 1. The highest BCUT2D eigenvalue weighted by atomic mass is 31.1. The van der Waals surface area contributed by atoms with Gasteiger partial charge in [-0.1, -0.05) is 67.1 Å². The van der Waals surface area contributed by atoms with Crippen molar-refractivity contribution in [1.29, 1.82) is 0 Å². The lowest BCUT2D eigenvalue weighted by Crippen LogP contribution is -2.29. The SMILES string of the molecule is COC(=O)C1CCCC1P(c1ccccc1)c1ccccc1. The van der Waals surface area contributed by atoms with Gasteiger partial charge in [0.05, 0.1) is 13.0 Å². The maximum absolute atomic E-state index is 12.2. The molecule has 0 aromatic heterocycles. The van der Waals surface area contributed by atoms with E-state index in [9.17, 15) is 4.79 Å². The van der Waals surface area contributed by atoms with Gasteiger partial charge in [-0.25, -0.2) is 0 Å². The molecule has 0 aliphatic heterocycles. The van der Waals surface area contributed by atoms with Crippen molar-refractivity contribution in [2.45, 2.75) is 24.9 Å². The minimum atomic E-state index is -0.530. The number of methoxy groups -OCH3 is 1. The van der Waals surface area contributed by atoms with E-state index in [-0.39, 0.29) is 11.9 Å². The molecule has 1 aliphatic rings. The molecule has 0 saturated heterocycles. The van der Waals surface area contributed by atoms with Crippen molar-refractivity contribution in [1.82, 2.24) is 0 Å². The van der Waals surface area contributed by atoms with Crippen LogP contribution in [0.2, 0.25) is 0 Å². The maximum Gasteiger partial charge on any atom is 0.309 e. The summed E-state index contributed by atoms with van der Waals surface area (Å²) >= 11 is 0. The molecule has 2 aromatic rings. The minimum absolute atomic E-state index is 0.0384. The van der Waals surface area contributed by atoms with E-state index in [0.29, 0.717) is 5.66 Å². The summed E-state index contributed by atoms with van der Waals surface area (Å²) in [5.74, 6) is -0.00149. The second-order valence-electron chi connectivity index (χ2n) is 5.67. The summed E-state index contributed by atoms with van der Waals surface area (Å²) in [5, 5.41) is 2.70. The van der Waals surface area contributed by atoms with Crippen LogP contribution in [0.1, 0.15) is 19.3 Å².